The van der Waals surface area contributed by atoms with Gasteiger partial charge in [-0.05, 0) is 19.1 Å². The van der Waals surface area contributed by atoms with Crippen LogP contribution in [0.4, 0.5) is 13.2 Å². The second kappa shape index (κ2) is 8.90. The molecule has 7 nitrogen and oxygen atoms in total. The second-order valence-electron chi connectivity index (χ2n) is 4.89. The van der Waals surface area contributed by atoms with Crippen molar-refractivity contribution in [1.29, 1.82) is 0 Å². The number of carboxylic acid groups (broad SMARTS) is 1. The molecule has 0 aliphatic heterocycles. The molecule has 2 amide bonds. The molecule has 1 aromatic carbocycles. The van der Waals surface area contributed by atoms with Crippen molar-refractivity contribution in [2.75, 3.05) is 13.2 Å². The van der Waals surface area contributed by atoms with Crippen LogP contribution in [0, 0.1) is 0 Å². The van der Waals surface area contributed by atoms with Gasteiger partial charge in [0.15, 0.2) is 0 Å². The summed E-state index contributed by atoms with van der Waals surface area (Å²) in [6, 6.07) is 4.08. The summed E-state index contributed by atoms with van der Waals surface area (Å²) in [7, 11) is 0. The topological polar surface area (TPSA) is 105 Å². The summed E-state index contributed by atoms with van der Waals surface area (Å²) in [6.07, 6.45) is -6.47. The number of alkyl halides is 3. The monoisotopic (exact) mass is 362 g/mol. The average Bonchev–Trinajstić information content (AvgIpc) is 2.51. The number of aliphatic carboxylic acids is 1. The van der Waals surface area contributed by atoms with E-state index in [1.54, 1.807) is 30.4 Å². The normalized spacial score (nSPS) is 12.2. The van der Waals surface area contributed by atoms with Crippen molar-refractivity contribution in [3.8, 4) is 5.75 Å². The molecule has 10 heteroatoms. The van der Waals surface area contributed by atoms with Crippen LogP contribution in [0.5, 0.6) is 5.75 Å². The summed E-state index contributed by atoms with van der Waals surface area (Å²) in [5.41, 5.74) is 0.141. The summed E-state index contributed by atoms with van der Waals surface area (Å²) in [4.78, 5) is 34.4. The smallest absolute Gasteiger partial charge is 0.391 e. The lowest BCUT2D eigenvalue weighted by atomic mass is 10.2. The largest absolute Gasteiger partial charge is 0.493 e. The lowest BCUT2D eigenvalue weighted by Crippen LogP contribution is -2.47. The number of benzene rings is 1. The van der Waals surface area contributed by atoms with E-state index in [-0.39, 0.29) is 11.3 Å². The van der Waals surface area contributed by atoms with Gasteiger partial charge in [0.1, 0.15) is 11.8 Å². The number of carboxylic acids is 1. The minimum atomic E-state index is -4.75. The summed E-state index contributed by atoms with van der Waals surface area (Å²) in [5.74, 6) is -3.28. The Balaban J connectivity index is 2.63. The van der Waals surface area contributed by atoms with Crippen LogP contribution < -0.4 is 15.4 Å². The van der Waals surface area contributed by atoms with Crippen molar-refractivity contribution in [2.45, 2.75) is 25.6 Å². The van der Waals surface area contributed by atoms with E-state index < -0.39 is 43.0 Å². The van der Waals surface area contributed by atoms with E-state index in [1.165, 1.54) is 6.07 Å². The first kappa shape index (κ1) is 20.3. The molecule has 1 unspecified atom stereocenters. The van der Waals surface area contributed by atoms with Crippen LogP contribution in [0.25, 0.3) is 0 Å². The Morgan fingerprint density at radius 3 is 2.44 bits per heavy atom. The van der Waals surface area contributed by atoms with Gasteiger partial charge in [0, 0.05) is 0 Å². The molecule has 138 valence electrons. The van der Waals surface area contributed by atoms with Crippen molar-refractivity contribution < 1.29 is 37.4 Å². The minimum Gasteiger partial charge on any atom is -0.493 e. The van der Waals surface area contributed by atoms with Crippen LogP contribution in [-0.4, -0.2) is 48.3 Å². The van der Waals surface area contributed by atoms with Crippen LogP contribution in [-0.2, 0) is 9.59 Å². The quantitative estimate of drug-likeness (QED) is 0.647. The van der Waals surface area contributed by atoms with Gasteiger partial charge in [-0.2, -0.15) is 13.2 Å². The molecule has 1 aromatic rings. The molecule has 0 aliphatic rings. The molecule has 0 heterocycles. The fourth-order valence-corrected chi connectivity index (χ4v) is 1.87. The molecule has 0 aromatic heterocycles. The van der Waals surface area contributed by atoms with Gasteiger partial charge in [-0.1, -0.05) is 12.1 Å². The zero-order valence-electron chi connectivity index (χ0n) is 13.2. The van der Waals surface area contributed by atoms with E-state index in [2.05, 4.69) is 5.32 Å². The van der Waals surface area contributed by atoms with Crippen molar-refractivity contribution in [3.63, 3.8) is 0 Å². The number of hydrogen-bond donors (Lipinski definition) is 3. The van der Waals surface area contributed by atoms with Crippen LogP contribution in [0.3, 0.4) is 0 Å². The number of amides is 2. The van der Waals surface area contributed by atoms with Crippen molar-refractivity contribution in [3.05, 3.63) is 29.8 Å². The Hall–Kier alpha value is -2.78. The van der Waals surface area contributed by atoms with E-state index in [4.69, 9.17) is 9.84 Å². The van der Waals surface area contributed by atoms with E-state index in [0.29, 0.717) is 6.61 Å². The van der Waals surface area contributed by atoms with Gasteiger partial charge in [-0.3, -0.25) is 9.59 Å². The molecule has 0 spiro atoms. The molecule has 25 heavy (non-hydrogen) atoms. The maximum absolute atomic E-state index is 12.3. The summed E-state index contributed by atoms with van der Waals surface area (Å²) >= 11 is 0. The Labute approximate surface area is 141 Å². The van der Waals surface area contributed by atoms with E-state index in [0.717, 1.165) is 0 Å². The number of hydrogen-bond acceptors (Lipinski definition) is 4. The third-order valence-corrected chi connectivity index (χ3v) is 2.91. The fourth-order valence-electron chi connectivity index (χ4n) is 1.87. The Kier molecular flexibility index (Phi) is 7.22. The maximum Gasteiger partial charge on any atom is 0.391 e. The number of para-hydroxylation sites is 1. The third kappa shape index (κ3) is 7.10. The Bertz CT molecular complexity index is 634. The van der Waals surface area contributed by atoms with E-state index in [1.807, 2.05) is 0 Å². The highest BCUT2D eigenvalue weighted by Crippen LogP contribution is 2.21. The van der Waals surface area contributed by atoms with Gasteiger partial charge >= 0.3 is 12.1 Å². The summed E-state index contributed by atoms with van der Waals surface area (Å²) < 4.78 is 42.1. The zero-order chi connectivity index (χ0) is 19.0. The molecule has 3 N–H and O–H groups in total. The number of ether oxygens (including phenoxy) is 1. The highest BCUT2D eigenvalue weighted by atomic mass is 19.4. The Morgan fingerprint density at radius 1 is 1.24 bits per heavy atom. The van der Waals surface area contributed by atoms with Crippen LogP contribution in [0.15, 0.2) is 24.3 Å². The zero-order valence-corrected chi connectivity index (χ0v) is 13.2. The number of carbonyl (C=O) groups is 3. The lowest BCUT2D eigenvalue weighted by molar-refractivity contribution is -0.159. The first-order chi connectivity index (χ1) is 11.6. The second-order valence-corrected chi connectivity index (χ2v) is 4.89. The van der Waals surface area contributed by atoms with Crippen molar-refractivity contribution in [1.82, 2.24) is 10.6 Å². The van der Waals surface area contributed by atoms with Gasteiger partial charge in [0.25, 0.3) is 5.91 Å². The van der Waals surface area contributed by atoms with Gasteiger partial charge < -0.3 is 20.5 Å². The maximum atomic E-state index is 12.3. The molecule has 0 radical (unpaired) electrons. The van der Waals surface area contributed by atoms with Gasteiger partial charge in [-0.15, -0.1) is 0 Å². The number of carbonyl (C=O) groups excluding carboxylic acids is 2. The van der Waals surface area contributed by atoms with Gasteiger partial charge in [0.2, 0.25) is 5.91 Å². The molecule has 1 rings (SSSR count). The summed E-state index contributed by atoms with van der Waals surface area (Å²) in [5, 5.41) is 12.6. The predicted octanol–water partition coefficient (Wildman–Crippen LogP) is 1.34. The number of rotatable bonds is 8. The highest BCUT2D eigenvalue weighted by Gasteiger charge is 2.36. The minimum absolute atomic E-state index is 0.141. The molecule has 0 saturated heterocycles. The van der Waals surface area contributed by atoms with Gasteiger partial charge in [-0.25, -0.2) is 4.79 Å². The fraction of sp³-hybridized carbons (Fsp3) is 0.400. The van der Waals surface area contributed by atoms with Crippen molar-refractivity contribution in [2.24, 2.45) is 0 Å². The first-order valence-electron chi connectivity index (χ1n) is 7.23. The molecular weight excluding hydrogens is 345 g/mol. The molecule has 0 bridgehead atoms. The van der Waals surface area contributed by atoms with Crippen LogP contribution >= 0.6 is 0 Å². The molecule has 1 atom stereocenters. The first-order valence-corrected chi connectivity index (χ1v) is 7.23. The molecule has 0 fully saturated rings. The van der Waals surface area contributed by atoms with Crippen molar-refractivity contribution >= 4 is 17.8 Å². The van der Waals surface area contributed by atoms with E-state index >= 15 is 0 Å². The van der Waals surface area contributed by atoms with Crippen LogP contribution in [0.2, 0.25) is 0 Å². The standard InChI is InChI=1S/C15H17F3N2O5/c1-2-25-11-6-4-3-5-9(11)13(22)19-8-12(21)20-10(14(23)24)7-15(16,17)18/h3-6,10H,2,7-8H2,1H3,(H,19,22)(H,20,21)(H,23,24). The Morgan fingerprint density at radius 2 is 1.88 bits per heavy atom. The molecule has 0 saturated carbocycles. The number of nitrogens with one attached hydrogen (secondary N) is 2. The summed E-state index contributed by atoms with van der Waals surface area (Å²) in [6.45, 7) is 1.35. The number of halogens is 3. The predicted molar refractivity (Wildman–Crippen MR) is 80.2 cm³/mol. The van der Waals surface area contributed by atoms with E-state index in [9.17, 15) is 27.6 Å². The van der Waals surface area contributed by atoms with Gasteiger partial charge in [0.05, 0.1) is 25.1 Å². The average molecular weight is 362 g/mol. The molecular formula is C15H17F3N2O5. The lowest BCUT2D eigenvalue weighted by Gasteiger charge is -2.16. The molecule has 0 aliphatic carbocycles. The SMILES string of the molecule is CCOc1ccccc1C(=O)NCC(=O)NC(CC(F)(F)F)C(=O)O. The highest BCUT2D eigenvalue weighted by molar-refractivity contribution is 5.99. The third-order valence-electron chi connectivity index (χ3n) is 2.91. The van der Waals surface area contributed by atoms with Crippen LogP contribution in [0.1, 0.15) is 23.7 Å².